The molecule has 4 nitrogen and oxygen atoms in total. The average molecular weight is 393 g/mol. The van der Waals surface area contributed by atoms with Crippen molar-refractivity contribution in [2.24, 2.45) is 0 Å². The number of rotatable bonds is 4. The van der Waals surface area contributed by atoms with Crippen LogP contribution in [0.2, 0.25) is 0 Å². The molecule has 138 valence electrons. The highest BCUT2D eigenvalue weighted by atomic mass is 35.5. The highest BCUT2D eigenvalue weighted by molar-refractivity contribution is 6.18. The van der Waals surface area contributed by atoms with Gasteiger partial charge in [0, 0.05) is 22.9 Å². The van der Waals surface area contributed by atoms with Gasteiger partial charge in [-0.15, -0.1) is 23.2 Å². The summed E-state index contributed by atoms with van der Waals surface area (Å²) in [5.74, 6) is -0.274. The second-order valence-corrected chi connectivity index (χ2v) is 7.37. The van der Waals surface area contributed by atoms with Crippen LogP contribution in [0.5, 0.6) is 0 Å². The lowest BCUT2D eigenvalue weighted by Crippen LogP contribution is -2.56. The monoisotopic (exact) mass is 392 g/mol. The first-order valence-electron chi connectivity index (χ1n) is 8.23. The summed E-state index contributed by atoms with van der Waals surface area (Å²) in [5, 5.41) is 1.34. The summed E-state index contributed by atoms with van der Waals surface area (Å²) in [4.78, 5) is 25.9. The van der Waals surface area contributed by atoms with Gasteiger partial charge in [0.05, 0.1) is 5.54 Å². The van der Waals surface area contributed by atoms with Gasteiger partial charge in [0.25, 0.3) is 11.8 Å². The second-order valence-electron chi connectivity index (χ2n) is 6.83. The summed E-state index contributed by atoms with van der Waals surface area (Å²) in [6.45, 7) is 5.55. The van der Waals surface area contributed by atoms with Crippen LogP contribution in [0, 0.1) is 0 Å². The maximum atomic E-state index is 13.1. The van der Waals surface area contributed by atoms with E-state index in [1.54, 1.807) is 36.4 Å². The third kappa shape index (κ3) is 4.57. The van der Waals surface area contributed by atoms with Crippen LogP contribution >= 0.6 is 23.2 Å². The van der Waals surface area contributed by atoms with Crippen LogP contribution in [-0.4, -0.2) is 22.4 Å². The molecule has 6 heteroatoms. The molecule has 0 atom stereocenters. The molecule has 1 N–H and O–H groups in total. The second kappa shape index (κ2) is 8.56. The van der Waals surface area contributed by atoms with E-state index < -0.39 is 5.54 Å². The largest absolute Gasteiger partial charge is 0.273 e. The molecule has 0 aliphatic carbocycles. The first kappa shape index (κ1) is 20.3. The lowest BCUT2D eigenvalue weighted by Gasteiger charge is -2.36. The highest BCUT2D eigenvalue weighted by Crippen LogP contribution is 2.20. The lowest BCUT2D eigenvalue weighted by atomic mass is 10.0. The van der Waals surface area contributed by atoms with Crippen molar-refractivity contribution in [2.45, 2.75) is 38.1 Å². The first-order valence-corrected chi connectivity index (χ1v) is 9.29. The number of benzene rings is 2. The van der Waals surface area contributed by atoms with E-state index in [0.717, 1.165) is 0 Å². The zero-order valence-electron chi connectivity index (χ0n) is 15.1. The van der Waals surface area contributed by atoms with Crippen molar-refractivity contribution < 1.29 is 9.59 Å². The average Bonchev–Trinajstić information content (AvgIpc) is 2.64. The third-order valence-corrected chi connectivity index (χ3v) is 4.46. The van der Waals surface area contributed by atoms with Crippen LogP contribution in [0.1, 0.15) is 52.6 Å². The Morgan fingerprint density at radius 3 is 1.85 bits per heavy atom. The maximum Gasteiger partial charge on any atom is 0.273 e. The van der Waals surface area contributed by atoms with E-state index in [9.17, 15) is 9.59 Å². The van der Waals surface area contributed by atoms with Gasteiger partial charge < -0.3 is 0 Å². The molecule has 0 spiro atoms. The van der Waals surface area contributed by atoms with E-state index in [1.165, 1.54) is 5.01 Å². The Balaban J connectivity index is 2.37. The lowest BCUT2D eigenvalue weighted by molar-refractivity contribution is 0.0357. The van der Waals surface area contributed by atoms with E-state index in [0.29, 0.717) is 22.3 Å². The van der Waals surface area contributed by atoms with Crippen molar-refractivity contribution in [2.75, 3.05) is 0 Å². The van der Waals surface area contributed by atoms with E-state index in [-0.39, 0.29) is 23.6 Å². The van der Waals surface area contributed by atoms with Gasteiger partial charge in [0.1, 0.15) is 0 Å². The molecule has 26 heavy (non-hydrogen) atoms. The van der Waals surface area contributed by atoms with Gasteiger partial charge in [-0.05, 0) is 44.0 Å². The number of hydrazine groups is 1. The van der Waals surface area contributed by atoms with Crippen molar-refractivity contribution in [1.82, 2.24) is 10.4 Å². The van der Waals surface area contributed by atoms with Gasteiger partial charge >= 0.3 is 0 Å². The third-order valence-electron chi connectivity index (χ3n) is 3.88. The predicted octanol–water partition coefficient (Wildman–Crippen LogP) is 4.75. The Hall–Kier alpha value is -2.04. The van der Waals surface area contributed by atoms with Gasteiger partial charge in [-0.2, -0.15) is 0 Å². The minimum atomic E-state index is -0.637. The van der Waals surface area contributed by atoms with Crippen LogP contribution in [0.3, 0.4) is 0 Å². The predicted molar refractivity (Wildman–Crippen MR) is 105 cm³/mol. The number of alkyl halides is 2. The van der Waals surface area contributed by atoms with Gasteiger partial charge in [-0.1, -0.05) is 36.4 Å². The van der Waals surface area contributed by atoms with Crippen molar-refractivity contribution in [1.29, 1.82) is 0 Å². The summed E-state index contributed by atoms with van der Waals surface area (Å²) in [6.07, 6.45) is 0. The first-order chi connectivity index (χ1) is 12.3. The SMILES string of the molecule is CC(C)(C)N(NC(=O)c1ccccc1CCl)C(=O)c1ccccc1CCl. The zero-order chi connectivity index (χ0) is 19.3. The van der Waals surface area contributed by atoms with Gasteiger partial charge in [0.2, 0.25) is 0 Å². The minimum absolute atomic E-state index is 0.210. The van der Waals surface area contributed by atoms with Crippen LogP contribution < -0.4 is 5.43 Å². The standard InChI is InChI=1S/C20H22Cl2N2O2/c1-20(2,3)24(19(26)17-11-7-5-9-15(17)13-22)23-18(25)16-10-6-4-8-14(16)12-21/h4-11H,12-13H2,1-3H3,(H,23,25). The number of halogens is 2. The fourth-order valence-electron chi connectivity index (χ4n) is 2.51. The van der Waals surface area contributed by atoms with Crippen LogP contribution in [0.4, 0.5) is 0 Å². The molecule has 2 amide bonds. The Kier molecular flexibility index (Phi) is 6.68. The van der Waals surface area contributed by atoms with Gasteiger partial charge in [-0.3, -0.25) is 15.0 Å². The number of amides is 2. The van der Waals surface area contributed by atoms with Crippen molar-refractivity contribution >= 4 is 35.0 Å². The molecule has 0 aliphatic heterocycles. The fraction of sp³-hybridized carbons (Fsp3) is 0.300. The summed E-state index contributed by atoms with van der Waals surface area (Å²) in [5.41, 5.74) is 4.42. The molecule has 2 rings (SSSR count). The number of hydrogen-bond acceptors (Lipinski definition) is 2. The summed E-state index contributed by atoms with van der Waals surface area (Å²) in [6, 6.07) is 14.2. The summed E-state index contributed by atoms with van der Waals surface area (Å²) >= 11 is 11.9. The minimum Gasteiger partial charge on any atom is -0.267 e. The summed E-state index contributed by atoms with van der Waals surface area (Å²) in [7, 11) is 0. The van der Waals surface area contributed by atoms with Crippen molar-refractivity contribution in [3.8, 4) is 0 Å². The molecule has 0 fully saturated rings. The van der Waals surface area contributed by atoms with Crippen molar-refractivity contribution in [3.63, 3.8) is 0 Å². The Bertz CT molecular complexity index is 800. The number of nitrogens with zero attached hydrogens (tertiary/aromatic N) is 1. The Labute approximate surface area is 164 Å². The molecular formula is C20H22Cl2N2O2. The number of hydrogen-bond donors (Lipinski definition) is 1. The highest BCUT2D eigenvalue weighted by Gasteiger charge is 2.31. The van der Waals surface area contributed by atoms with E-state index in [1.807, 2.05) is 32.9 Å². The summed E-state index contributed by atoms with van der Waals surface area (Å²) < 4.78 is 0. The van der Waals surface area contributed by atoms with Crippen LogP contribution in [-0.2, 0) is 11.8 Å². The smallest absolute Gasteiger partial charge is 0.267 e. The number of nitrogens with one attached hydrogen (secondary N) is 1. The quantitative estimate of drug-likeness (QED) is 0.602. The molecule has 0 bridgehead atoms. The van der Waals surface area contributed by atoms with Crippen molar-refractivity contribution in [3.05, 3.63) is 70.8 Å². The fourth-order valence-corrected chi connectivity index (χ4v) is 2.98. The van der Waals surface area contributed by atoms with E-state index in [4.69, 9.17) is 23.2 Å². The topological polar surface area (TPSA) is 49.4 Å². The number of carbonyl (C=O) groups excluding carboxylic acids is 2. The van der Waals surface area contributed by atoms with E-state index in [2.05, 4.69) is 5.43 Å². The van der Waals surface area contributed by atoms with Crippen LogP contribution in [0.15, 0.2) is 48.5 Å². The van der Waals surface area contributed by atoms with Gasteiger partial charge in [0.15, 0.2) is 0 Å². The normalized spacial score (nSPS) is 11.1. The zero-order valence-corrected chi connectivity index (χ0v) is 16.6. The molecule has 0 unspecified atom stereocenters. The molecule has 0 aliphatic rings. The Morgan fingerprint density at radius 1 is 0.885 bits per heavy atom. The van der Waals surface area contributed by atoms with Gasteiger partial charge in [-0.25, -0.2) is 5.01 Å². The molecule has 2 aromatic carbocycles. The van der Waals surface area contributed by atoms with E-state index >= 15 is 0 Å². The molecule has 0 saturated heterocycles. The molecular weight excluding hydrogens is 371 g/mol. The molecule has 0 radical (unpaired) electrons. The molecule has 0 aromatic heterocycles. The van der Waals surface area contributed by atoms with Crippen LogP contribution in [0.25, 0.3) is 0 Å². The maximum absolute atomic E-state index is 13.1. The Morgan fingerprint density at radius 2 is 1.35 bits per heavy atom. The molecule has 2 aromatic rings. The molecule has 0 heterocycles. The number of carbonyl (C=O) groups is 2. The molecule has 0 saturated carbocycles.